The molecule has 0 spiro atoms. The van der Waals surface area contributed by atoms with Crippen LogP contribution in [0.3, 0.4) is 0 Å². The fraction of sp³-hybridized carbons (Fsp3) is 0.278. The fourth-order valence-electron chi connectivity index (χ4n) is 2.09. The molecular weight excluding hydrogens is 280 g/mol. The van der Waals surface area contributed by atoms with E-state index in [0.717, 1.165) is 17.1 Å². The minimum absolute atomic E-state index is 0.0566. The second-order valence-corrected chi connectivity index (χ2v) is 6.36. The molecule has 2 aromatic rings. The van der Waals surface area contributed by atoms with E-state index in [1.165, 1.54) is 11.1 Å². The predicted molar refractivity (Wildman–Crippen MR) is 89.3 cm³/mol. The zero-order valence-electron chi connectivity index (χ0n) is 12.6. The first-order valence-corrected chi connectivity index (χ1v) is 8.00. The molecule has 2 aromatic carbocycles. The smallest absolute Gasteiger partial charge is 0.175 e. The molecule has 2 nitrogen and oxygen atoms in total. The van der Waals surface area contributed by atoms with E-state index in [1.54, 1.807) is 18.9 Å². The number of benzene rings is 2. The van der Waals surface area contributed by atoms with Gasteiger partial charge in [-0.05, 0) is 43.7 Å². The summed E-state index contributed by atoms with van der Waals surface area (Å²) in [7, 11) is 1.62. The maximum atomic E-state index is 12.4. The van der Waals surface area contributed by atoms with Gasteiger partial charge in [0, 0.05) is 11.3 Å². The Morgan fingerprint density at radius 2 is 1.90 bits per heavy atom. The van der Waals surface area contributed by atoms with Crippen molar-refractivity contribution in [1.29, 1.82) is 0 Å². The van der Waals surface area contributed by atoms with Crippen LogP contribution in [-0.4, -0.2) is 18.1 Å². The van der Waals surface area contributed by atoms with E-state index < -0.39 is 0 Å². The van der Waals surface area contributed by atoms with E-state index in [1.807, 2.05) is 31.2 Å². The van der Waals surface area contributed by atoms with Crippen LogP contribution >= 0.6 is 11.8 Å². The number of hydrogen-bond donors (Lipinski definition) is 0. The molecule has 3 heteroatoms. The van der Waals surface area contributed by atoms with Crippen molar-refractivity contribution in [1.82, 2.24) is 0 Å². The number of methoxy groups -OCH3 is 1. The highest BCUT2D eigenvalue weighted by Crippen LogP contribution is 2.22. The van der Waals surface area contributed by atoms with Crippen LogP contribution in [0.1, 0.15) is 28.4 Å². The van der Waals surface area contributed by atoms with Gasteiger partial charge in [0.2, 0.25) is 0 Å². The zero-order chi connectivity index (χ0) is 15.2. The summed E-state index contributed by atoms with van der Waals surface area (Å²) in [6.07, 6.45) is 0. The van der Waals surface area contributed by atoms with Crippen LogP contribution in [-0.2, 0) is 5.75 Å². The first-order valence-electron chi connectivity index (χ1n) is 6.95. The van der Waals surface area contributed by atoms with Gasteiger partial charge in [-0.2, -0.15) is 0 Å². The van der Waals surface area contributed by atoms with E-state index >= 15 is 0 Å². The van der Waals surface area contributed by atoms with Gasteiger partial charge in [-0.3, -0.25) is 4.79 Å². The van der Waals surface area contributed by atoms with Crippen molar-refractivity contribution >= 4 is 17.5 Å². The van der Waals surface area contributed by atoms with Gasteiger partial charge in [0.1, 0.15) is 5.75 Å². The number of aryl methyl sites for hydroxylation is 1. The third kappa shape index (κ3) is 4.36. The summed E-state index contributed by atoms with van der Waals surface area (Å²) in [6, 6.07) is 15.7. The number of carbonyl (C=O) groups is 1. The normalized spacial score (nSPS) is 12.0. The Labute approximate surface area is 130 Å². The minimum Gasteiger partial charge on any atom is -0.497 e. The number of ketones is 1. The third-order valence-corrected chi connectivity index (χ3v) is 4.54. The summed E-state index contributed by atoms with van der Waals surface area (Å²) in [6.45, 7) is 4.05. The van der Waals surface area contributed by atoms with Crippen LogP contribution in [0.5, 0.6) is 5.75 Å². The van der Waals surface area contributed by atoms with Crippen LogP contribution in [0.2, 0.25) is 0 Å². The molecule has 0 N–H and O–H groups in total. The summed E-state index contributed by atoms with van der Waals surface area (Å²) in [5, 5.41) is -0.0566. The van der Waals surface area contributed by atoms with Crippen molar-refractivity contribution in [3.8, 4) is 5.75 Å². The van der Waals surface area contributed by atoms with Gasteiger partial charge in [0.25, 0.3) is 0 Å². The number of thioether (sulfide) groups is 1. The third-order valence-electron chi connectivity index (χ3n) is 3.33. The highest BCUT2D eigenvalue weighted by molar-refractivity contribution is 7.99. The molecule has 0 saturated carbocycles. The van der Waals surface area contributed by atoms with E-state index in [4.69, 9.17) is 4.74 Å². The van der Waals surface area contributed by atoms with Crippen LogP contribution in [0, 0.1) is 6.92 Å². The van der Waals surface area contributed by atoms with Gasteiger partial charge in [0.05, 0.1) is 12.4 Å². The van der Waals surface area contributed by atoms with Gasteiger partial charge < -0.3 is 4.74 Å². The molecule has 110 valence electrons. The number of ether oxygens (including phenoxy) is 1. The first-order chi connectivity index (χ1) is 10.1. The summed E-state index contributed by atoms with van der Waals surface area (Å²) < 4.78 is 5.11. The molecule has 21 heavy (non-hydrogen) atoms. The lowest BCUT2D eigenvalue weighted by Crippen LogP contribution is -2.13. The number of Topliss-reactive ketones (excluding diaryl/α,β-unsaturated/α-hetero) is 1. The van der Waals surface area contributed by atoms with Crippen LogP contribution in [0.4, 0.5) is 0 Å². The average Bonchev–Trinajstić information content (AvgIpc) is 2.52. The zero-order valence-corrected chi connectivity index (χ0v) is 13.4. The van der Waals surface area contributed by atoms with Crippen LogP contribution in [0.25, 0.3) is 0 Å². The molecule has 2 rings (SSSR count). The topological polar surface area (TPSA) is 26.3 Å². The van der Waals surface area contributed by atoms with Crippen molar-refractivity contribution < 1.29 is 9.53 Å². The molecule has 0 heterocycles. The molecule has 0 bridgehead atoms. The fourth-order valence-corrected chi connectivity index (χ4v) is 3.00. The van der Waals surface area contributed by atoms with Gasteiger partial charge in [-0.25, -0.2) is 0 Å². The Kier molecular flexibility index (Phi) is 5.45. The molecule has 0 fully saturated rings. The Morgan fingerprint density at radius 1 is 1.19 bits per heavy atom. The molecule has 0 aliphatic carbocycles. The first kappa shape index (κ1) is 15.6. The van der Waals surface area contributed by atoms with E-state index in [0.29, 0.717) is 0 Å². The lowest BCUT2D eigenvalue weighted by Gasteiger charge is -2.11. The van der Waals surface area contributed by atoms with Gasteiger partial charge in [0.15, 0.2) is 5.78 Å². The minimum atomic E-state index is -0.0566. The summed E-state index contributed by atoms with van der Waals surface area (Å²) in [4.78, 5) is 12.4. The summed E-state index contributed by atoms with van der Waals surface area (Å²) >= 11 is 1.67. The number of carbonyl (C=O) groups excluding carboxylic acids is 1. The lowest BCUT2D eigenvalue weighted by atomic mass is 10.1. The molecule has 0 aliphatic heterocycles. The van der Waals surface area contributed by atoms with Crippen LogP contribution in [0.15, 0.2) is 48.5 Å². The van der Waals surface area contributed by atoms with E-state index in [9.17, 15) is 4.79 Å². The summed E-state index contributed by atoms with van der Waals surface area (Å²) in [5.74, 6) is 1.78. The van der Waals surface area contributed by atoms with Crippen molar-refractivity contribution in [2.75, 3.05) is 7.11 Å². The maximum absolute atomic E-state index is 12.4. The monoisotopic (exact) mass is 300 g/mol. The maximum Gasteiger partial charge on any atom is 0.175 e. The Hall–Kier alpha value is -1.74. The quantitative estimate of drug-likeness (QED) is 0.734. The summed E-state index contributed by atoms with van der Waals surface area (Å²) in [5.41, 5.74) is 3.25. The average molecular weight is 300 g/mol. The second kappa shape index (κ2) is 7.32. The van der Waals surface area contributed by atoms with Crippen molar-refractivity contribution in [3.63, 3.8) is 0 Å². The largest absolute Gasteiger partial charge is 0.497 e. The van der Waals surface area contributed by atoms with Crippen molar-refractivity contribution in [2.24, 2.45) is 0 Å². The highest BCUT2D eigenvalue weighted by atomic mass is 32.2. The Bertz CT molecular complexity index is 605. The molecule has 0 aliphatic rings. The Morgan fingerprint density at radius 3 is 2.52 bits per heavy atom. The van der Waals surface area contributed by atoms with Crippen molar-refractivity contribution in [3.05, 3.63) is 65.2 Å². The van der Waals surface area contributed by atoms with Gasteiger partial charge in [-0.15, -0.1) is 11.8 Å². The van der Waals surface area contributed by atoms with E-state index in [-0.39, 0.29) is 11.0 Å². The molecule has 1 atom stereocenters. The molecule has 0 radical (unpaired) electrons. The molecule has 1 unspecified atom stereocenters. The standard InChI is InChI=1S/C18H20O2S/c1-13-5-4-6-15(11-13)12-21-14(2)18(19)16-7-9-17(20-3)10-8-16/h4-11,14H,12H2,1-3H3. The molecular formula is C18H20O2S. The molecule has 0 aromatic heterocycles. The number of hydrogen-bond acceptors (Lipinski definition) is 3. The van der Waals surface area contributed by atoms with E-state index in [2.05, 4.69) is 31.2 Å². The predicted octanol–water partition coefficient (Wildman–Crippen LogP) is 4.51. The van der Waals surface area contributed by atoms with Crippen LogP contribution < -0.4 is 4.74 Å². The molecule has 0 amide bonds. The second-order valence-electron chi connectivity index (χ2n) is 5.04. The highest BCUT2D eigenvalue weighted by Gasteiger charge is 2.15. The lowest BCUT2D eigenvalue weighted by molar-refractivity contribution is 0.0994. The number of rotatable bonds is 6. The van der Waals surface area contributed by atoms with Crippen molar-refractivity contribution in [2.45, 2.75) is 24.9 Å². The SMILES string of the molecule is COc1ccc(C(=O)C(C)SCc2cccc(C)c2)cc1. The Balaban J connectivity index is 1.95. The molecule has 0 saturated heterocycles. The van der Waals surface area contributed by atoms with Gasteiger partial charge in [-0.1, -0.05) is 29.8 Å². The van der Waals surface area contributed by atoms with Gasteiger partial charge >= 0.3 is 0 Å².